The van der Waals surface area contributed by atoms with E-state index in [0.717, 1.165) is 13.1 Å². The highest BCUT2D eigenvalue weighted by atomic mass is 17.1. The van der Waals surface area contributed by atoms with Crippen molar-refractivity contribution in [1.82, 2.24) is 4.90 Å². The van der Waals surface area contributed by atoms with Gasteiger partial charge in [0.15, 0.2) is 5.75 Å². The molecule has 0 aliphatic carbocycles. The van der Waals surface area contributed by atoms with Crippen LogP contribution in [0.4, 0.5) is 0 Å². The first-order chi connectivity index (χ1) is 14.9. The Labute approximate surface area is 177 Å². The standard InChI is InChI=1S/C20H25NO10/c22-12(2-4-15(23)29-10-7-21-5-8-28-9-6-21)1-3-13-17(24)16-14(11-30-20(16)26)18(25)19(13)31-27/h1,22,24-25,27H,2-11H2/b12-1-. The molecular weight excluding hydrogens is 414 g/mol. The monoisotopic (exact) mass is 439 g/mol. The van der Waals surface area contributed by atoms with E-state index >= 15 is 0 Å². The van der Waals surface area contributed by atoms with Gasteiger partial charge < -0.3 is 34.4 Å². The highest BCUT2D eigenvalue weighted by Crippen LogP contribution is 2.46. The maximum atomic E-state index is 11.8. The summed E-state index contributed by atoms with van der Waals surface area (Å²) in [6.45, 7) is 3.51. The van der Waals surface area contributed by atoms with Gasteiger partial charge in [-0.2, -0.15) is 0 Å². The summed E-state index contributed by atoms with van der Waals surface area (Å²) in [6.07, 6.45) is 1.02. The van der Waals surface area contributed by atoms with Crippen LogP contribution in [-0.4, -0.2) is 76.9 Å². The Kier molecular flexibility index (Phi) is 7.55. The SMILES string of the molecule is O=C(CC/C(O)=C/Cc1c(O)c2c(c(O)c1OO)COC2=O)OCCN1CCOCC1. The second kappa shape index (κ2) is 10.3. The molecule has 0 saturated carbocycles. The van der Waals surface area contributed by atoms with Gasteiger partial charge in [-0.25, -0.2) is 10.1 Å². The second-order valence-electron chi connectivity index (χ2n) is 7.10. The van der Waals surface area contributed by atoms with Crippen LogP contribution < -0.4 is 4.89 Å². The molecular formula is C20H25NO10. The highest BCUT2D eigenvalue weighted by Gasteiger charge is 2.34. The molecule has 2 aliphatic heterocycles. The number of phenols is 2. The number of nitrogens with zero attached hydrogens (tertiary/aromatic N) is 1. The Bertz CT molecular complexity index is 860. The summed E-state index contributed by atoms with van der Waals surface area (Å²) >= 11 is 0. The van der Waals surface area contributed by atoms with Crippen molar-refractivity contribution in [2.24, 2.45) is 0 Å². The van der Waals surface area contributed by atoms with E-state index in [-0.39, 0.29) is 54.9 Å². The molecule has 170 valence electrons. The van der Waals surface area contributed by atoms with Crippen molar-refractivity contribution in [2.45, 2.75) is 25.9 Å². The van der Waals surface area contributed by atoms with E-state index in [4.69, 9.17) is 19.5 Å². The van der Waals surface area contributed by atoms with E-state index in [1.54, 1.807) is 0 Å². The molecule has 0 unspecified atom stereocenters. The van der Waals surface area contributed by atoms with Crippen LogP contribution in [0.5, 0.6) is 17.2 Å². The summed E-state index contributed by atoms with van der Waals surface area (Å²) in [4.78, 5) is 29.9. The van der Waals surface area contributed by atoms with Crippen molar-refractivity contribution >= 4 is 11.9 Å². The van der Waals surface area contributed by atoms with Gasteiger partial charge in [-0.15, -0.1) is 0 Å². The fraction of sp³-hybridized carbons (Fsp3) is 0.500. The van der Waals surface area contributed by atoms with Crippen LogP contribution in [0.25, 0.3) is 0 Å². The van der Waals surface area contributed by atoms with Crippen molar-refractivity contribution < 1.29 is 49.3 Å². The van der Waals surface area contributed by atoms with Crippen molar-refractivity contribution in [2.75, 3.05) is 39.5 Å². The third-order valence-electron chi connectivity index (χ3n) is 5.14. The third kappa shape index (κ3) is 5.37. The van der Waals surface area contributed by atoms with Gasteiger partial charge in [0.25, 0.3) is 0 Å². The lowest BCUT2D eigenvalue weighted by atomic mass is 9.99. The minimum Gasteiger partial charge on any atom is -0.513 e. The Morgan fingerprint density at radius 1 is 1.16 bits per heavy atom. The molecule has 2 aliphatic rings. The van der Waals surface area contributed by atoms with E-state index in [9.17, 15) is 24.9 Å². The van der Waals surface area contributed by atoms with Crippen LogP contribution in [0.2, 0.25) is 0 Å². The molecule has 11 nitrogen and oxygen atoms in total. The molecule has 0 amide bonds. The average Bonchev–Trinajstić information content (AvgIpc) is 3.16. The molecule has 11 heteroatoms. The van der Waals surface area contributed by atoms with Gasteiger partial charge in [0, 0.05) is 38.0 Å². The minimum atomic E-state index is -0.818. The predicted octanol–water partition coefficient (Wildman–Crippen LogP) is 1.26. The number of morpholine rings is 1. The molecule has 0 aromatic heterocycles. The van der Waals surface area contributed by atoms with Crippen LogP contribution >= 0.6 is 0 Å². The van der Waals surface area contributed by atoms with E-state index in [1.165, 1.54) is 6.08 Å². The van der Waals surface area contributed by atoms with E-state index < -0.39 is 29.2 Å². The number of allylic oxidation sites excluding steroid dienone is 2. The smallest absolute Gasteiger partial charge is 0.342 e. The number of carbonyl (C=O) groups is 2. The summed E-state index contributed by atoms with van der Waals surface area (Å²) in [5.41, 5.74) is -0.328. The fourth-order valence-corrected chi connectivity index (χ4v) is 3.40. The van der Waals surface area contributed by atoms with Gasteiger partial charge in [-0.05, 0) is 6.08 Å². The van der Waals surface area contributed by atoms with Crippen LogP contribution in [0.1, 0.15) is 34.3 Å². The number of cyclic esters (lactones) is 1. The molecule has 0 radical (unpaired) electrons. The minimum absolute atomic E-state index is 0.00308. The molecule has 3 rings (SSSR count). The van der Waals surface area contributed by atoms with E-state index in [2.05, 4.69) is 9.79 Å². The van der Waals surface area contributed by atoms with Gasteiger partial charge in [0.2, 0.25) is 5.75 Å². The zero-order valence-corrected chi connectivity index (χ0v) is 16.8. The Morgan fingerprint density at radius 2 is 1.90 bits per heavy atom. The number of esters is 2. The summed E-state index contributed by atoms with van der Waals surface area (Å²) in [5, 5.41) is 39.7. The molecule has 31 heavy (non-hydrogen) atoms. The molecule has 2 heterocycles. The number of rotatable bonds is 9. The quantitative estimate of drug-likeness (QED) is 0.144. The average molecular weight is 439 g/mol. The Hall–Kier alpha value is -3.02. The van der Waals surface area contributed by atoms with Crippen molar-refractivity contribution in [3.8, 4) is 17.2 Å². The Balaban J connectivity index is 1.53. The van der Waals surface area contributed by atoms with Crippen LogP contribution in [0, 0.1) is 0 Å². The fourth-order valence-electron chi connectivity index (χ4n) is 3.40. The van der Waals surface area contributed by atoms with Crippen LogP contribution in [-0.2, 0) is 32.0 Å². The summed E-state index contributed by atoms with van der Waals surface area (Å²) < 4.78 is 15.2. The normalized spacial score (nSPS) is 16.7. The first-order valence-corrected chi connectivity index (χ1v) is 9.84. The number of carbonyl (C=O) groups excluding carboxylic acids is 2. The van der Waals surface area contributed by atoms with Crippen LogP contribution in [0.15, 0.2) is 11.8 Å². The molecule has 0 spiro atoms. The molecule has 1 aromatic carbocycles. The number of aliphatic hydroxyl groups is 1. The molecule has 1 fully saturated rings. The number of phenolic OH excluding ortho intramolecular Hbond substituents is 2. The lowest BCUT2D eigenvalue weighted by molar-refractivity contribution is -0.144. The zero-order valence-electron chi connectivity index (χ0n) is 16.8. The molecule has 4 N–H and O–H groups in total. The molecule has 1 saturated heterocycles. The molecule has 0 bridgehead atoms. The maximum absolute atomic E-state index is 11.8. The molecule has 1 aromatic rings. The summed E-state index contributed by atoms with van der Waals surface area (Å²) in [7, 11) is 0. The summed E-state index contributed by atoms with van der Waals surface area (Å²) in [6, 6.07) is 0. The molecule has 0 atom stereocenters. The zero-order chi connectivity index (χ0) is 22.4. The van der Waals surface area contributed by atoms with E-state index in [0.29, 0.717) is 19.8 Å². The van der Waals surface area contributed by atoms with Gasteiger partial charge in [0.05, 0.1) is 31.0 Å². The lowest BCUT2D eigenvalue weighted by Crippen LogP contribution is -2.38. The van der Waals surface area contributed by atoms with Crippen LogP contribution in [0.3, 0.4) is 0 Å². The van der Waals surface area contributed by atoms with Gasteiger partial charge in [-0.1, -0.05) is 0 Å². The number of aromatic hydroxyl groups is 2. The van der Waals surface area contributed by atoms with Crippen molar-refractivity contribution in [3.05, 3.63) is 28.5 Å². The Morgan fingerprint density at radius 3 is 2.61 bits per heavy atom. The summed E-state index contributed by atoms with van der Waals surface area (Å²) in [5.74, 6) is -2.95. The first kappa shape index (κ1) is 22.7. The predicted molar refractivity (Wildman–Crippen MR) is 104 cm³/mol. The van der Waals surface area contributed by atoms with E-state index in [1.807, 2.05) is 0 Å². The van der Waals surface area contributed by atoms with Gasteiger partial charge in [-0.3, -0.25) is 9.69 Å². The van der Waals surface area contributed by atoms with Crippen molar-refractivity contribution in [3.63, 3.8) is 0 Å². The number of hydrogen-bond acceptors (Lipinski definition) is 11. The first-order valence-electron chi connectivity index (χ1n) is 9.84. The topological polar surface area (TPSA) is 155 Å². The number of hydrogen-bond donors (Lipinski definition) is 4. The lowest BCUT2D eigenvalue weighted by Gasteiger charge is -2.26. The number of aliphatic hydroxyl groups excluding tert-OH is 1. The number of benzene rings is 1. The largest absolute Gasteiger partial charge is 0.513 e. The number of fused-ring (bicyclic) bond motifs is 1. The highest BCUT2D eigenvalue weighted by molar-refractivity contribution is 5.98. The van der Waals surface area contributed by atoms with Gasteiger partial charge in [0.1, 0.15) is 24.5 Å². The maximum Gasteiger partial charge on any atom is 0.342 e. The van der Waals surface area contributed by atoms with Crippen molar-refractivity contribution in [1.29, 1.82) is 0 Å². The van der Waals surface area contributed by atoms with Gasteiger partial charge >= 0.3 is 11.9 Å². The second-order valence-corrected chi connectivity index (χ2v) is 7.10. The number of ether oxygens (including phenoxy) is 3. The third-order valence-corrected chi connectivity index (χ3v) is 5.14.